The van der Waals surface area contributed by atoms with Crippen LogP contribution in [0.5, 0.6) is 0 Å². The highest BCUT2D eigenvalue weighted by atomic mass is 127. The molecule has 21 heavy (non-hydrogen) atoms. The fourth-order valence-corrected chi connectivity index (χ4v) is 4.06. The summed E-state index contributed by atoms with van der Waals surface area (Å²) < 4.78 is 8.53. The Morgan fingerprint density at radius 3 is 2.71 bits per heavy atom. The zero-order chi connectivity index (χ0) is 15.6. The number of rotatable bonds is 6. The van der Waals surface area contributed by atoms with E-state index < -0.39 is 8.07 Å². The van der Waals surface area contributed by atoms with Gasteiger partial charge in [-0.15, -0.1) is 0 Å². The summed E-state index contributed by atoms with van der Waals surface area (Å²) >= 11 is 8.30. The van der Waals surface area contributed by atoms with Gasteiger partial charge in [0.25, 0.3) is 0 Å². The third-order valence-electron chi connectivity index (χ3n) is 3.20. The number of hydrogen-bond donors (Lipinski definition) is 1. The second kappa shape index (κ2) is 6.91. The molecule has 0 aliphatic heterocycles. The van der Waals surface area contributed by atoms with Gasteiger partial charge in [-0.25, -0.2) is 9.97 Å². The average Bonchev–Trinajstić information content (AvgIpc) is 2.67. The minimum Gasteiger partial charge on any atom is -0.390 e. The molecule has 0 aliphatic carbocycles. The Labute approximate surface area is 143 Å². The van der Waals surface area contributed by atoms with Crippen molar-refractivity contribution < 1.29 is 9.84 Å². The van der Waals surface area contributed by atoms with Crippen molar-refractivity contribution in [1.82, 2.24) is 14.5 Å². The van der Waals surface area contributed by atoms with E-state index in [1.807, 2.05) is 4.57 Å². The number of halogens is 2. The first-order valence-electron chi connectivity index (χ1n) is 6.71. The van der Waals surface area contributed by atoms with Gasteiger partial charge in [-0.2, -0.15) is 0 Å². The Kier molecular flexibility index (Phi) is 5.63. The van der Waals surface area contributed by atoms with E-state index in [-0.39, 0.29) is 6.61 Å². The van der Waals surface area contributed by atoms with E-state index in [4.69, 9.17) is 16.3 Å². The fraction of sp³-hybridized carbons (Fsp3) is 0.538. The van der Waals surface area contributed by atoms with Gasteiger partial charge < -0.3 is 14.4 Å². The van der Waals surface area contributed by atoms with Crippen molar-refractivity contribution in [1.29, 1.82) is 0 Å². The monoisotopic (exact) mass is 439 g/mol. The second-order valence-corrected chi connectivity index (χ2v) is 13.1. The molecule has 1 N–H and O–H groups in total. The molecule has 0 bridgehead atoms. The third kappa shape index (κ3) is 3.95. The third-order valence-corrected chi connectivity index (χ3v) is 6.35. The van der Waals surface area contributed by atoms with Crippen molar-refractivity contribution in [2.75, 3.05) is 6.61 Å². The lowest BCUT2D eigenvalue weighted by atomic mass is 10.4. The van der Waals surface area contributed by atoms with Crippen LogP contribution in [0.4, 0.5) is 0 Å². The zero-order valence-corrected chi connectivity index (χ0v) is 16.3. The number of nitrogens with zero attached hydrogens (tertiary/aromatic N) is 3. The van der Waals surface area contributed by atoms with Gasteiger partial charge in [0.1, 0.15) is 23.9 Å². The lowest BCUT2D eigenvalue weighted by Gasteiger charge is -2.16. The van der Waals surface area contributed by atoms with Crippen molar-refractivity contribution in [2.24, 2.45) is 0 Å². The Balaban J connectivity index is 2.25. The SMILES string of the molecule is C[Si](C)(C)CCOCn1c(CO)c(I)c2c(Cl)ncnc21. The van der Waals surface area contributed by atoms with Crippen molar-refractivity contribution in [3.63, 3.8) is 0 Å². The molecule has 5 nitrogen and oxygen atoms in total. The van der Waals surface area contributed by atoms with Crippen LogP contribution in [0.1, 0.15) is 5.69 Å². The Hall–Kier alpha value is -0.223. The maximum Gasteiger partial charge on any atom is 0.148 e. The molecule has 0 atom stereocenters. The molecule has 0 fully saturated rings. The Bertz CT molecular complexity index is 642. The molecule has 116 valence electrons. The molecule has 0 aromatic carbocycles. The summed E-state index contributed by atoms with van der Waals surface area (Å²) in [5, 5.41) is 10.8. The molecule has 2 aromatic heterocycles. The summed E-state index contributed by atoms with van der Waals surface area (Å²) in [5.41, 5.74) is 1.47. The van der Waals surface area contributed by atoms with Crippen LogP contribution >= 0.6 is 34.2 Å². The first-order valence-corrected chi connectivity index (χ1v) is 11.9. The zero-order valence-electron chi connectivity index (χ0n) is 12.4. The fourth-order valence-electron chi connectivity index (χ4n) is 1.97. The van der Waals surface area contributed by atoms with Crippen LogP contribution in [0, 0.1) is 3.57 Å². The molecule has 8 heteroatoms. The summed E-state index contributed by atoms with van der Waals surface area (Å²) in [4.78, 5) is 8.28. The number of aliphatic hydroxyl groups excluding tert-OH is 1. The lowest BCUT2D eigenvalue weighted by molar-refractivity contribution is 0.0848. The van der Waals surface area contributed by atoms with Gasteiger partial charge in [0, 0.05) is 18.3 Å². The van der Waals surface area contributed by atoms with Crippen LogP contribution in [0.25, 0.3) is 11.0 Å². The van der Waals surface area contributed by atoms with Gasteiger partial charge in [-0.3, -0.25) is 0 Å². The summed E-state index contributed by atoms with van der Waals surface area (Å²) in [6, 6.07) is 1.10. The standard InChI is InChI=1S/C13H19ClIN3O2Si/c1-21(2,3)5-4-20-8-18-9(6-19)11(15)10-12(14)16-7-17-13(10)18/h7,19H,4-6,8H2,1-3H3. The van der Waals surface area contributed by atoms with Gasteiger partial charge >= 0.3 is 0 Å². The number of aliphatic hydroxyl groups is 1. The maximum atomic E-state index is 9.61. The van der Waals surface area contributed by atoms with Gasteiger partial charge in [-0.05, 0) is 28.6 Å². The smallest absolute Gasteiger partial charge is 0.148 e. The number of fused-ring (bicyclic) bond motifs is 1. The molecule has 0 saturated carbocycles. The average molecular weight is 440 g/mol. The van der Waals surface area contributed by atoms with Crippen molar-refractivity contribution >= 4 is 53.3 Å². The van der Waals surface area contributed by atoms with Gasteiger partial charge in [0.05, 0.1) is 17.7 Å². The highest BCUT2D eigenvalue weighted by Gasteiger charge is 2.19. The van der Waals surface area contributed by atoms with Crippen LogP contribution < -0.4 is 0 Å². The van der Waals surface area contributed by atoms with E-state index in [0.717, 1.165) is 27.3 Å². The summed E-state index contributed by atoms with van der Waals surface area (Å²) in [6.45, 7) is 7.95. The van der Waals surface area contributed by atoms with E-state index in [1.165, 1.54) is 6.33 Å². The predicted molar refractivity (Wildman–Crippen MR) is 95.3 cm³/mol. The Morgan fingerprint density at radius 1 is 1.38 bits per heavy atom. The molecular weight excluding hydrogens is 421 g/mol. The van der Waals surface area contributed by atoms with Crippen molar-refractivity contribution in [3.8, 4) is 0 Å². The topological polar surface area (TPSA) is 60.2 Å². The number of hydrogen-bond acceptors (Lipinski definition) is 4. The van der Waals surface area contributed by atoms with Crippen LogP contribution in [0.2, 0.25) is 30.8 Å². The summed E-state index contributed by atoms with van der Waals surface area (Å²) in [6.07, 6.45) is 1.43. The highest BCUT2D eigenvalue weighted by molar-refractivity contribution is 14.1. The van der Waals surface area contributed by atoms with Crippen molar-refractivity contribution in [3.05, 3.63) is 20.7 Å². The van der Waals surface area contributed by atoms with Crippen LogP contribution in [0.15, 0.2) is 6.33 Å². The quantitative estimate of drug-likeness (QED) is 0.324. The summed E-state index contributed by atoms with van der Waals surface area (Å²) in [5.74, 6) is 0. The second-order valence-electron chi connectivity index (χ2n) is 6.06. The molecular formula is C13H19ClIN3O2Si. The first-order chi connectivity index (χ1) is 9.85. The van der Waals surface area contributed by atoms with E-state index >= 15 is 0 Å². The van der Waals surface area contributed by atoms with Gasteiger partial charge in [0.15, 0.2) is 0 Å². The van der Waals surface area contributed by atoms with Crippen LogP contribution in [0.3, 0.4) is 0 Å². The maximum absolute atomic E-state index is 9.61. The predicted octanol–water partition coefficient (Wildman–Crippen LogP) is 3.49. The van der Waals surface area contributed by atoms with Crippen LogP contribution in [-0.2, 0) is 18.1 Å². The molecule has 2 aromatic rings. The molecule has 2 rings (SSSR count). The van der Waals surface area contributed by atoms with Gasteiger partial charge in [0.2, 0.25) is 0 Å². The largest absolute Gasteiger partial charge is 0.390 e. The van der Waals surface area contributed by atoms with E-state index in [0.29, 0.717) is 17.5 Å². The molecule has 0 saturated heterocycles. The number of ether oxygens (including phenoxy) is 1. The molecule has 0 spiro atoms. The van der Waals surface area contributed by atoms with Crippen LogP contribution in [-0.4, -0.2) is 34.3 Å². The normalized spacial score (nSPS) is 12.3. The molecule has 0 radical (unpaired) electrons. The number of aromatic nitrogens is 3. The first kappa shape index (κ1) is 17.1. The Morgan fingerprint density at radius 2 is 2.10 bits per heavy atom. The molecule has 0 unspecified atom stereocenters. The van der Waals surface area contributed by atoms with E-state index in [9.17, 15) is 5.11 Å². The van der Waals surface area contributed by atoms with Gasteiger partial charge in [-0.1, -0.05) is 31.2 Å². The minimum atomic E-state index is -1.11. The molecule has 0 amide bonds. The highest BCUT2D eigenvalue weighted by Crippen LogP contribution is 2.30. The van der Waals surface area contributed by atoms with Crippen molar-refractivity contribution in [2.45, 2.75) is 39.0 Å². The molecule has 2 heterocycles. The molecule has 0 aliphatic rings. The van der Waals surface area contributed by atoms with E-state index in [1.54, 1.807) is 0 Å². The lowest BCUT2D eigenvalue weighted by Crippen LogP contribution is -2.22. The van der Waals surface area contributed by atoms with E-state index in [2.05, 4.69) is 52.2 Å². The minimum absolute atomic E-state index is 0.0810. The summed E-state index contributed by atoms with van der Waals surface area (Å²) in [7, 11) is -1.11.